The fraction of sp³-hybridized carbons (Fsp3) is 0.600. The number of thiophene rings is 1. The Balaban J connectivity index is 2.70. The molecular weight excluding hydrogens is 182 g/mol. The normalized spacial score (nSPS) is 15.7. The van der Waals surface area contributed by atoms with Crippen LogP contribution < -0.4 is 5.73 Å². The van der Waals surface area contributed by atoms with Crippen molar-refractivity contribution in [2.24, 2.45) is 11.7 Å². The van der Waals surface area contributed by atoms with E-state index in [-0.39, 0.29) is 5.92 Å². The summed E-state index contributed by atoms with van der Waals surface area (Å²) in [4.78, 5) is 2.35. The average molecular weight is 199 g/mol. The number of hydrogen-bond acceptors (Lipinski definition) is 3. The molecule has 0 spiro atoms. The number of aliphatic hydroxyl groups is 1. The first-order valence-corrected chi connectivity index (χ1v) is 5.47. The van der Waals surface area contributed by atoms with Gasteiger partial charge in [-0.05, 0) is 31.0 Å². The summed E-state index contributed by atoms with van der Waals surface area (Å²) in [6.07, 6.45) is 0.643. The lowest BCUT2D eigenvalue weighted by Crippen LogP contribution is -2.17. The van der Waals surface area contributed by atoms with E-state index in [1.54, 1.807) is 11.3 Å². The van der Waals surface area contributed by atoms with Gasteiger partial charge in [0, 0.05) is 9.75 Å². The maximum Gasteiger partial charge on any atom is 0.0919 e. The van der Waals surface area contributed by atoms with Crippen LogP contribution in [0.15, 0.2) is 12.1 Å². The molecule has 2 nitrogen and oxygen atoms in total. The van der Waals surface area contributed by atoms with Crippen molar-refractivity contribution in [2.45, 2.75) is 26.4 Å². The zero-order valence-electron chi connectivity index (χ0n) is 8.16. The fourth-order valence-electron chi connectivity index (χ4n) is 1.15. The quantitative estimate of drug-likeness (QED) is 0.778. The van der Waals surface area contributed by atoms with E-state index in [0.717, 1.165) is 11.3 Å². The molecule has 0 radical (unpaired) electrons. The maximum absolute atomic E-state index is 9.83. The molecule has 3 heteroatoms. The molecule has 74 valence electrons. The molecule has 3 N–H and O–H groups in total. The molecule has 2 unspecified atom stereocenters. The van der Waals surface area contributed by atoms with Crippen molar-refractivity contribution >= 4 is 11.3 Å². The molecule has 0 aliphatic heterocycles. The van der Waals surface area contributed by atoms with Gasteiger partial charge < -0.3 is 10.8 Å². The fourth-order valence-corrected chi connectivity index (χ4v) is 2.23. The zero-order chi connectivity index (χ0) is 9.84. The van der Waals surface area contributed by atoms with Gasteiger partial charge in [-0.3, -0.25) is 0 Å². The van der Waals surface area contributed by atoms with E-state index in [4.69, 9.17) is 5.73 Å². The highest BCUT2D eigenvalue weighted by Gasteiger charge is 2.16. The Kier molecular flexibility index (Phi) is 3.90. The van der Waals surface area contributed by atoms with Crippen LogP contribution in [0.25, 0.3) is 0 Å². The van der Waals surface area contributed by atoms with Gasteiger partial charge in [-0.25, -0.2) is 0 Å². The summed E-state index contributed by atoms with van der Waals surface area (Å²) >= 11 is 1.68. The highest BCUT2D eigenvalue weighted by molar-refractivity contribution is 7.12. The van der Waals surface area contributed by atoms with Crippen molar-refractivity contribution in [1.82, 2.24) is 0 Å². The number of aliphatic hydroxyl groups excluding tert-OH is 1. The van der Waals surface area contributed by atoms with Crippen LogP contribution in [0.2, 0.25) is 0 Å². The van der Waals surface area contributed by atoms with Crippen LogP contribution in [0.3, 0.4) is 0 Å². The lowest BCUT2D eigenvalue weighted by Gasteiger charge is -2.14. The van der Waals surface area contributed by atoms with Crippen LogP contribution in [-0.2, 0) is 6.42 Å². The Bertz CT molecular complexity index is 259. The van der Waals surface area contributed by atoms with Crippen LogP contribution in [0.4, 0.5) is 0 Å². The molecule has 0 aromatic carbocycles. The Hall–Kier alpha value is -0.380. The molecule has 0 aliphatic carbocycles. The number of hydrogen-bond donors (Lipinski definition) is 2. The van der Waals surface area contributed by atoms with Crippen molar-refractivity contribution in [3.8, 4) is 0 Å². The molecule has 13 heavy (non-hydrogen) atoms. The molecule has 1 aromatic heterocycles. The summed E-state index contributed by atoms with van der Waals surface area (Å²) in [5.41, 5.74) is 5.49. The molecule has 0 saturated carbocycles. The minimum absolute atomic E-state index is 0.142. The summed E-state index contributed by atoms with van der Waals surface area (Å²) in [5, 5.41) is 9.83. The van der Waals surface area contributed by atoms with Gasteiger partial charge in [-0.1, -0.05) is 13.8 Å². The minimum Gasteiger partial charge on any atom is -0.387 e. The Morgan fingerprint density at radius 3 is 2.69 bits per heavy atom. The second-order valence-electron chi connectivity index (χ2n) is 3.32. The number of rotatable bonds is 4. The monoisotopic (exact) mass is 199 g/mol. The second kappa shape index (κ2) is 4.74. The molecule has 0 bridgehead atoms. The van der Waals surface area contributed by atoms with Crippen LogP contribution >= 0.6 is 11.3 Å². The second-order valence-corrected chi connectivity index (χ2v) is 4.52. The topological polar surface area (TPSA) is 46.2 Å². The van der Waals surface area contributed by atoms with E-state index >= 15 is 0 Å². The summed E-state index contributed by atoms with van der Waals surface area (Å²) in [6, 6.07) is 4.08. The van der Waals surface area contributed by atoms with Gasteiger partial charge in [0.15, 0.2) is 0 Å². The molecule has 1 heterocycles. The van der Waals surface area contributed by atoms with Gasteiger partial charge in [0.25, 0.3) is 0 Å². The van der Waals surface area contributed by atoms with Gasteiger partial charge in [0.1, 0.15) is 0 Å². The minimum atomic E-state index is -0.393. The van der Waals surface area contributed by atoms with Crippen LogP contribution in [0.1, 0.15) is 29.7 Å². The Morgan fingerprint density at radius 1 is 1.54 bits per heavy atom. The number of nitrogens with two attached hydrogens (primary N) is 1. The maximum atomic E-state index is 9.83. The predicted octanol–water partition coefficient (Wildman–Crippen LogP) is 1.94. The van der Waals surface area contributed by atoms with Crippen LogP contribution in [0.5, 0.6) is 0 Å². The SMILES string of the molecule is CCc1ccc(C(O)C(C)CN)s1. The van der Waals surface area contributed by atoms with E-state index < -0.39 is 6.10 Å². The Labute approximate surface area is 83.4 Å². The van der Waals surface area contributed by atoms with E-state index in [2.05, 4.69) is 13.0 Å². The van der Waals surface area contributed by atoms with Gasteiger partial charge in [0.2, 0.25) is 0 Å². The predicted molar refractivity (Wildman–Crippen MR) is 56.9 cm³/mol. The summed E-state index contributed by atoms with van der Waals surface area (Å²) in [6.45, 7) is 4.62. The molecule has 2 atom stereocenters. The molecular formula is C10H17NOS. The first-order valence-electron chi connectivity index (χ1n) is 4.65. The summed E-state index contributed by atoms with van der Waals surface area (Å²) in [5.74, 6) is 0.142. The van der Waals surface area contributed by atoms with Crippen molar-refractivity contribution < 1.29 is 5.11 Å². The molecule has 1 rings (SSSR count). The number of aryl methyl sites for hydroxylation is 1. The van der Waals surface area contributed by atoms with Crippen LogP contribution in [-0.4, -0.2) is 11.7 Å². The summed E-state index contributed by atoms with van der Waals surface area (Å²) in [7, 11) is 0. The molecule has 0 fully saturated rings. The first-order chi connectivity index (χ1) is 6.19. The van der Waals surface area contributed by atoms with E-state index in [1.165, 1.54) is 4.88 Å². The van der Waals surface area contributed by atoms with Gasteiger partial charge in [-0.2, -0.15) is 0 Å². The molecule has 0 aliphatic rings. The molecule has 0 saturated heterocycles. The van der Waals surface area contributed by atoms with Crippen molar-refractivity contribution in [3.63, 3.8) is 0 Å². The smallest absolute Gasteiger partial charge is 0.0919 e. The molecule has 0 amide bonds. The zero-order valence-corrected chi connectivity index (χ0v) is 8.97. The molecule has 1 aromatic rings. The van der Waals surface area contributed by atoms with Crippen molar-refractivity contribution in [3.05, 3.63) is 21.9 Å². The van der Waals surface area contributed by atoms with Crippen molar-refractivity contribution in [2.75, 3.05) is 6.54 Å². The standard InChI is InChI=1S/C10H17NOS/c1-3-8-4-5-9(13-8)10(12)7(2)6-11/h4-5,7,10,12H,3,6,11H2,1-2H3. The summed E-state index contributed by atoms with van der Waals surface area (Å²) < 4.78 is 0. The van der Waals surface area contributed by atoms with Gasteiger partial charge >= 0.3 is 0 Å². The third-order valence-corrected chi connectivity index (χ3v) is 3.53. The lowest BCUT2D eigenvalue weighted by atomic mass is 10.0. The Morgan fingerprint density at radius 2 is 2.23 bits per heavy atom. The van der Waals surface area contributed by atoms with Gasteiger partial charge in [-0.15, -0.1) is 11.3 Å². The first kappa shape index (κ1) is 10.7. The van der Waals surface area contributed by atoms with E-state index in [9.17, 15) is 5.11 Å². The highest BCUT2D eigenvalue weighted by atomic mass is 32.1. The lowest BCUT2D eigenvalue weighted by molar-refractivity contribution is 0.125. The average Bonchev–Trinajstić information content (AvgIpc) is 2.63. The third-order valence-electron chi connectivity index (χ3n) is 2.23. The largest absolute Gasteiger partial charge is 0.387 e. The van der Waals surface area contributed by atoms with Crippen LogP contribution in [0, 0.1) is 5.92 Å². The highest BCUT2D eigenvalue weighted by Crippen LogP contribution is 2.28. The van der Waals surface area contributed by atoms with Gasteiger partial charge in [0.05, 0.1) is 6.10 Å². The van der Waals surface area contributed by atoms with E-state index in [1.807, 2.05) is 13.0 Å². The third kappa shape index (κ3) is 2.53. The van der Waals surface area contributed by atoms with Crippen molar-refractivity contribution in [1.29, 1.82) is 0 Å². The van der Waals surface area contributed by atoms with E-state index in [0.29, 0.717) is 6.54 Å².